The lowest BCUT2D eigenvalue weighted by atomic mass is 10.2. The van der Waals surface area contributed by atoms with Gasteiger partial charge >= 0.3 is 0 Å². The van der Waals surface area contributed by atoms with Gasteiger partial charge in [0, 0.05) is 26.0 Å². The molecule has 0 spiro atoms. The smallest absolute Gasteiger partial charge is 0.244 e. The lowest BCUT2D eigenvalue weighted by Gasteiger charge is -2.06. The predicted molar refractivity (Wildman–Crippen MR) is 72.4 cm³/mol. The molecule has 0 unspecified atom stereocenters. The summed E-state index contributed by atoms with van der Waals surface area (Å²) < 4.78 is 28.9. The first-order valence-corrected chi connectivity index (χ1v) is 7.50. The van der Waals surface area contributed by atoms with Crippen molar-refractivity contribution in [1.82, 2.24) is 19.5 Å². The van der Waals surface area contributed by atoms with Crippen LogP contribution < -0.4 is 4.72 Å². The Balaban J connectivity index is 2.03. The number of hydrogen-bond acceptors (Lipinski definition) is 3. The molecule has 2 heterocycles. The first-order chi connectivity index (χ1) is 8.90. The number of aryl methyl sites for hydroxylation is 3. The summed E-state index contributed by atoms with van der Waals surface area (Å²) in [5.74, 6) is 0. The van der Waals surface area contributed by atoms with Gasteiger partial charge < -0.3 is 4.57 Å². The molecule has 0 fully saturated rings. The van der Waals surface area contributed by atoms with E-state index in [2.05, 4.69) is 14.9 Å². The van der Waals surface area contributed by atoms with E-state index in [9.17, 15) is 8.42 Å². The Hall–Kier alpha value is -1.60. The predicted octanol–water partition coefficient (Wildman–Crippen LogP) is 0.886. The molecule has 0 aliphatic carbocycles. The van der Waals surface area contributed by atoms with Gasteiger partial charge in [0.2, 0.25) is 10.0 Å². The number of aromatic amines is 1. The van der Waals surface area contributed by atoms with E-state index in [4.69, 9.17) is 0 Å². The number of nitrogens with one attached hydrogen (secondary N) is 2. The molecule has 19 heavy (non-hydrogen) atoms. The highest BCUT2D eigenvalue weighted by molar-refractivity contribution is 7.89. The van der Waals surface area contributed by atoms with Crippen LogP contribution >= 0.6 is 0 Å². The van der Waals surface area contributed by atoms with Crippen molar-refractivity contribution in [3.05, 3.63) is 35.4 Å². The minimum atomic E-state index is -3.49. The highest BCUT2D eigenvalue weighted by Gasteiger charge is 2.21. The maximum absolute atomic E-state index is 12.2. The van der Waals surface area contributed by atoms with Crippen LogP contribution in [0.2, 0.25) is 0 Å². The van der Waals surface area contributed by atoms with Crippen molar-refractivity contribution >= 4 is 10.0 Å². The van der Waals surface area contributed by atoms with Gasteiger partial charge in [-0.3, -0.25) is 5.10 Å². The summed E-state index contributed by atoms with van der Waals surface area (Å²) >= 11 is 0. The first kappa shape index (κ1) is 13.8. The molecule has 2 aromatic heterocycles. The molecular formula is C12H18N4O2S. The zero-order valence-corrected chi connectivity index (χ0v) is 12.1. The quantitative estimate of drug-likeness (QED) is 0.854. The molecular weight excluding hydrogens is 264 g/mol. The third kappa shape index (κ3) is 3.05. The molecule has 2 aromatic rings. The van der Waals surface area contributed by atoms with Crippen molar-refractivity contribution in [3.8, 4) is 0 Å². The summed E-state index contributed by atoms with van der Waals surface area (Å²) in [6.07, 6.45) is 4.58. The van der Waals surface area contributed by atoms with Crippen molar-refractivity contribution in [2.24, 2.45) is 7.05 Å². The molecule has 2 N–H and O–H groups in total. The van der Waals surface area contributed by atoms with E-state index in [1.165, 1.54) is 0 Å². The molecule has 2 rings (SSSR count). The zero-order valence-electron chi connectivity index (χ0n) is 11.3. The Kier molecular flexibility index (Phi) is 3.77. The van der Waals surface area contributed by atoms with Gasteiger partial charge in [-0.1, -0.05) is 0 Å². The number of H-pyrrole nitrogens is 1. The molecule has 0 aromatic carbocycles. The number of aromatic nitrogens is 3. The average molecular weight is 282 g/mol. The topological polar surface area (TPSA) is 79.8 Å². The van der Waals surface area contributed by atoms with E-state index in [-0.39, 0.29) is 4.90 Å². The van der Waals surface area contributed by atoms with Gasteiger partial charge in [-0.15, -0.1) is 0 Å². The van der Waals surface area contributed by atoms with E-state index >= 15 is 0 Å². The number of nitrogens with zero attached hydrogens (tertiary/aromatic N) is 2. The molecule has 0 atom stereocenters. The summed E-state index contributed by atoms with van der Waals surface area (Å²) in [5, 5.41) is 6.59. The molecule has 0 radical (unpaired) electrons. The Labute approximate surface area is 112 Å². The lowest BCUT2D eigenvalue weighted by molar-refractivity contribution is 0.580. The van der Waals surface area contributed by atoms with Gasteiger partial charge in [0.25, 0.3) is 0 Å². The zero-order chi connectivity index (χ0) is 14.0. The van der Waals surface area contributed by atoms with Crippen LogP contribution in [-0.2, 0) is 23.5 Å². The molecule has 6 nitrogen and oxygen atoms in total. The summed E-state index contributed by atoms with van der Waals surface area (Å²) in [6, 6.07) is 1.97. The second-order valence-electron chi connectivity index (χ2n) is 4.60. The van der Waals surface area contributed by atoms with E-state index in [1.54, 1.807) is 13.8 Å². The van der Waals surface area contributed by atoms with Gasteiger partial charge in [0.05, 0.1) is 11.4 Å². The van der Waals surface area contributed by atoms with Crippen LogP contribution in [0.5, 0.6) is 0 Å². The Bertz CT molecular complexity index is 650. The summed E-state index contributed by atoms with van der Waals surface area (Å²) in [7, 11) is -1.56. The fourth-order valence-electron chi connectivity index (χ4n) is 2.05. The molecule has 104 valence electrons. The Morgan fingerprint density at radius 2 is 2.16 bits per heavy atom. The largest absolute Gasteiger partial charge is 0.357 e. The van der Waals surface area contributed by atoms with Gasteiger partial charge in [-0.05, 0) is 31.9 Å². The van der Waals surface area contributed by atoms with Crippen molar-refractivity contribution in [2.45, 2.75) is 25.2 Å². The first-order valence-electron chi connectivity index (χ1n) is 6.02. The molecule has 0 aliphatic heterocycles. The number of sulfonamides is 1. The van der Waals surface area contributed by atoms with Gasteiger partial charge in [0.15, 0.2) is 0 Å². The standard InChI is InChI=1S/C12H18N4O2S/c1-9-12(10(2)15-14-9)19(17,18)13-6-4-11-5-7-16(3)8-11/h5,7-8,13H,4,6H2,1-3H3,(H,14,15). The van der Waals surface area contributed by atoms with Gasteiger partial charge in [-0.2, -0.15) is 5.10 Å². The maximum atomic E-state index is 12.2. The summed E-state index contributed by atoms with van der Waals surface area (Å²) in [5.41, 5.74) is 2.15. The number of hydrogen-bond donors (Lipinski definition) is 2. The Morgan fingerprint density at radius 1 is 1.42 bits per heavy atom. The van der Waals surface area contributed by atoms with Crippen molar-refractivity contribution in [3.63, 3.8) is 0 Å². The maximum Gasteiger partial charge on any atom is 0.244 e. The molecule has 0 saturated carbocycles. The van der Waals surface area contributed by atoms with Crippen LogP contribution in [0.4, 0.5) is 0 Å². The SMILES string of the molecule is Cc1n[nH]c(C)c1S(=O)(=O)NCCc1ccn(C)c1. The van der Waals surface area contributed by atoms with Gasteiger partial charge in [-0.25, -0.2) is 13.1 Å². The van der Waals surface area contributed by atoms with E-state index in [0.717, 1.165) is 5.56 Å². The Morgan fingerprint density at radius 3 is 2.68 bits per heavy atom. The number of rotatable bonds is 5. The third-order valence-corrected chi connectivity index (χ3v) is 4.65. The van der Waals surface area contributed by atoms with Crippen LogP contribution in [0.25, 0.3) is 0 Å². The van der Waals surface area contributed by atoms with E-state index in [1.807, 2.05) is 30.1 Å². The van der Waals surface area contributed by atoms with Crippen LogP contribution in [0.3, 0.4) is 0 Å². The second kappa shape index (κ2) is 5.18. The molecule has 0 aliphatic rings. The van der Waals surface area contributed by atoms with E-state index < -0.39 is 10.0 Å². The normalized spacial score (nSPS) is 11.9. The van der Waals surface area contributed by atoms with E-state index in [0.29, 0.717) is 24.4 Å². The third-order valence-electron chi connectivity index (χ3n) is 2.93. The molecule has 0 saturated heterocycles. The van der Waals surface area contributed by atoms with Gasteiger partial charge in [0.1, 0.15) is 4.90 Å². The average Bonchev–Trinajstić information content (AvgIpc) is 2.86. The highest BCUT2D eigenvalue weighted by Crippen LogP contribution is 2.16. The summed E-state index contributed by atoms with van der Waals surface area (Å²) in [6.45, 7) is 3.75. The fraction of sp³-hybridized carbons (Fsp3) is 0.417. The second-order valence-corrected chi connectivity index (χ2v) is 6.30. The van der Waals surface area contributed by atoms with Crippen LogP contribution in [-0.4, -0.2) is 29.7 Å². The summed E-state index contributed by atoms with van der Waals surface area (Å²) in [4.78, 5) is 0.251. The minimum Gasteiger partial charge on any atom is -0.357 e. The van der Waals surface area contributed by atoms with Crippen molar-refractivity contribution < 1.29 is 8.42 Å². The molecule has 0 bridgehead atoms. The van der Waals surface area contributed by atoms with Crippen LogP contribution in [0.1, 0.15) is 17.0 Å². The molecule has 7 heteroatoms. The van der Waals surface area contributed by atoms with Crippen molar-refractivity contribution in [2.75, 3.05) is 6.54 Å². The highest BCUT2D eigenvalue weighted by atomic mass is 32.2. The van der Waals surface area contributed by atoms with Crippen molar-refractivity contribution in [1.29, 1.82) is 0 Å². The monoisotopic (exact) mass is 282 g/mol. The van der Waals surface area contributed by atoms with Crippen LogP contribution in [0.15, 0.2) is 23.4 Å². The minimum absolute atomic E-state index is 0.251. The fourth-order valence-corrected chi connectivity index (χ4v) is 3.45. The lowest BCUT2D eigenvalue weighted by Crippen LogP contribution is -2.26. The van der Waals surface area contributed by atoms with Crippen LogP contribution in [0, 0.1) is 13.8 Å². The molecule has 0 amide bonds.